The fourth-order valence-electron chi connectivity index (χ4n) is 3.09. The largest absolute Gasteiger partial charge is 0.393 e. The van der Waals surface area contributed by atoms with Gasteiger partial charge in [0.05, 0.1) is 6.10 Å². The fourth-order valence-corrected chi connectivity index (χ4v) is 3.09. The second-order valence-corrected chi connectivity index (χ2v) is 5.33. The molecule has 1 aliphatic rings. The van der Waals surface area contributed by atoms with E-state index in [1.165, 1.54) is 18.4 Å². The van der Waals surface area contributed by atoms with Crippen molar-refractivity contribution in [1.29, 1.82) is 0 Å². The zero-order valence-corrected chi connectivity index (χ0v) is 10.8. The lowest BCUT2D eigenvalue weighted by molar-refractivity contribution is 0.0221. The third kappa shape index (κ3) is 2.88. The van der Waals surface area contributed by atoms with Crippen LogP contribution in [0.2, 0.25) is 0 Å². The van der Waals surface area contributed by atoms with E-state index in [-0.39, 0.29) is 6.10 Å². The van der Waals surface area contributed by atoms with Crippen molar-refractivity contribution in [3.05, 3.63) is 35.9 Å². The van der Waals surface area contributed by atoms with Gasteiger partial charge in [-0.05, 0) is 32.5 Å². The first-order chi connectivity index (χ1) is 8.20. The van der Waals surface area contributed by atoms with Crippen molar-refractivity contribution in [3.8, 4) is 0 Å². The molecule has 0 bridgehead atoms. The minimum atomic E-state index is -0.142. The third-order valence-electron chi connectivity index (χ3n) is 3.88. The Morgan fingerprint density at radius 2 is 1.76 bits per heavy atom. The van der Waals surface area contributed by atoms with E-state index < -0.39 is 0 Å². The SMILES string of the molecule is CN(C)C(c1ccccc1)[C@H]1CCCC[C@H]1O. The van der Waals surface area contributed by atoms with Crippen LogP contribution in [0.15, 0.2) is 30.3 Å². The minimum Gasteiger partial charge on any atom is -0.393 e. The first kappa shape index (κ1) is 12.6. The van der Waals surface area contributed by atoms with Crippen molar-refractivity contribution in [2.24, 2.45) is 5.92 Å². The van der Waals surface area contributed by atoms with Crippen LogP contribution in [-0.2, 0) is 0 Å². The zero-order valence-electron chi connectivity index (χ0n) is 10.8. The molecule has 0 spiro atoms. The standard InChI is InChI=1S/C15H23NO/c1-16(2)15(12-8-4-3-5-9-12)13-10-6-7-11-14(13)17/h3-5,8-9,13-15,17H,6-7,10-11H2,1-2H3/t13-,14+,15?/m0/s1. The Labute approximate surface area is 104 Å². The highest BCUT2D eigenvalue weighted by atomic mass is 16.3. The molecule has 1 N–H and O–H groups in total. The highest BCUT2D eigenvalue weighted by Crippen LogP contribution is 2.37. The van der Waals surface area contributed by atoms with Crippen molar-refractivity contribution in [3.63, 3.8) is 0 Å². The monoisotopic (exact) mass is 233 g/mol. The molecular weight excluding hydrogens is 210 g/mol. The normalized spacial score (nSPS) is 27.1. The van der Waals surface area contributed by atoms with E-state index in [4.69, 9.17) is 0 Å². The molecule has 1 saturated carbocycles. The zero-order chi connectivity index (χ0) is 12.3. The first-order valence-corrected chi connectivity index (χ1v) is 6.59. The number of nitrogens with zero attached hydrogens (tertiary/aromatic N) is 1. The molecule has 94 valence electrons. The van der Waals surface area contributed by atoms with Gasteiger partial charge in [-0.15, -0.1) is 0 Å². The van der Waals surface area contributed by atoms with Gasteiger partial charge in [-0.25, -0.2) is 0 Å². The number of rotatable bonds is 3. The Bertz CT molecular complexity index is 336. The molecule has 17 heavy (non-hydrogen) atoms. The molecule has 1 aliphatic carbocycles. The summed E-state index contributed by atoms with van der Waals surface area (Å²) < 4.78 is 0. The van der Waals surface area contributed by atoms with Crippen molar-refractivity contribution in [2.45, 2.75) is 37.8 Å². The second-order valence-electron chi connectivity index (χ2n) is 5.33. The van der Waals surface area contributed by atoms with E-state index in [9.17, 15) is 5.11 Å². The Morgan fingerprint density at radius 1 is 1.12 bits per heavy atom. The van der Waals surface area contributed by atoms with Gasteiger partial charge >= 0.3 is 0 Å². The molecule has 1 fully saturated rings. The van der Waals surface area contributed by atoms with E-state index >= 15 is 0 Å². The van der Waals surface area contributed by atoms with E-state index in [2.05, 4.69) is 43.3 Å². The van der Waals surface area contributed by atoms with Crippen molar-refractivity contribution in [1.82, 2.24) is 4.90 Å². The van der Waals surface area contributed by atoms with Gasteiger partial charge in [-0.3, -0.25) is 0 Å². The van der Waals surface area contributed by atoms with Crippen LogP contribution in [0.4, 0.5) is 0 Å². The average Bonchev–Trinajstić information content (AvgIpc) is 2.33. The van der Waals surface area contributed by atoms with Gasteiger partial charge in [0.1, 0.15) is 0 Å². The molecule has 1 aromatic rings. The van der Waals surface area contributed by atoms with Crippen LogP contribution in [0.5, 0.6) is 0 Å². The van der Waals surface area contributed by atoms with Crippen molar-refractivity contribution < 1.29 is 5.11 Å². The summed E-state index contributed by atoms with van der Waals surface area (Å²) in [6.07, 6.45) is 4.38. The maximum atomic E-state index is 10.2. The van der Waals surface area contributed by atoms with Crippen LogP contribution in [0.25, 0.3) is 0 Å². The molecule has 2 rings (SSSR count). The first-order valence-electron chi connectivity index (χ1n) is 6.59. The van der Waals surface area contributed by atoms with E-state index in [1.807, 2.05) is 6.07 Å². The Kier molecular flexibility index (Phi) is 4.19. The summed E-state index contributed by atoms with van der Waals surface area (Å²) in [7, 11) is 4.22. The van der Waals surface area contributed by atoms with Crippen LogP contribution in [0.1, 0.15) is 37.3 Å². The molecule has 2 heteroatoms. The molecule has 0 aromatic heterocycles. The molecule has 0 heterocycles. The number of benzene rings is 1. The summed E-state index contributed by atoms with van der Waals surface area (Å²) in [5, 5.41) is 10.2. The molecule has 1 aromatic carbocycles. The van der Waals surface area contributed by atoms with Crippen molar-refractivity contribution in [2.75, 3.05) is 14.1 Å². The van der Waals surface area contributed by atoms with E-state index in [1.54, 1.807) is 0 Å². The second kappa shape index (κ2) is 5.65. The molecule has 1 unspecified atom stereocenters. The van der Waals surface area contributed by atoms with Crippen LogP contribution >= 0.6 is 0 Å². The molecule has 0 radical (unpaired) electrons. The van der Waals surface area contributed by atoms with Gasteiger partial charge in [0, 0.05) is 12.0 Å². The smallest absolute Gasteiger partial charge is 0.0586 e. The van der Waals surface area contributed by atoms with Gasteiger partial charge in [-0.1, -0.05) is 43.2 Å². The highest BCUT2D eigenvalue weighted by molar-refractivity contribution is 5.20. The molecule has 3 atom stereocenters. The summed E-state index contributed by atoms with van der Waals surface area (Å²) in [5.74, 6) is 0.376. The number of aliphatic hydroxyl groups excluding tert-OH is 1. The van der Waals surface area contributed by atoms with Crippen LogP contribution in [-0.4, -0.2) is 30.2 Å². The molecular formula is C15H23NO. The minimum absolute atomic E-state index is 0.142. The highest BCUT2D eigenvalue weighted by Gasteiger charge is 2.32. The molecule has 2 nitrogen and oxygen atoms in total. The molecule has 0 saturated heterocycles. The molecule has 0 amide bonds. The van der Waals surface area contributed by atoms with Crippen molar-refractivity contribution >= 4 is 0 Å². The summed E-state index contributed by atoms with van der Waals surface area (Å²) in [4.78, 5) is 2.24. The van der Waals surface area contributed by atoms with E-state index in [0.29, 0.717) is 12.0 Å². The Morgan fingerprint density at radius 3 is 2.35 bits per heavy atom. The van der Waals surface area contributed by atoms with Gasteiger partial charge in [0.2, 0.25) is 0 Å². The topological polar surface area (TPSA) is 23.5 Å². The predicted molar refractivity (Wildman–Crippen MR) is 70.8 cm³/mol. The quantitative estimate of drug-likeness (QED) is 0.867. The summed E-state index contributed by atoms with van der Waals surface area (Å²) in [6, 6.07) is 10.9. The molecule has 0 aliphatic heterocycles. The average molecular weight is 233 g/mol. The lowest BCUT2D eigenvalue weighted by atomic mass is 9.78. The van der Waals surface area contributed by atoms with Gasteiger partial charge < -0.3 is 10.0 Å². The van der Waals surface area contributed by atoms with Gasteiger partial charge in [0.25, 0.3) is 0 Å². The van der Waals surface area contributed by atoms with Gasteiger partial charge in [0.15, 0.2) is 0 Å². The number of aliphatic hydroxyl groups is 1. The lowest BCUT2D eigenvalue weighted by Crippen LogP contribution is -2.36. The third-order valence-corrected chi connectivity index (χ3v) is 3.88. The number of hydrogen-bond donors (Lipinski definition) is 1. The van der Waals surface area contributed by atoms with Gasteiger partial charge in [-0.2, -0.15) is 0 Å². The van der Waals surface area contributed by atoms with Crippen LogP contribution in [0, 0.1) is 5.92 Å². The Hall–Kier alpha value is -0.860. The summed E-state index contributed by atoms with van der Waals surface area (Å²) >= 11 is 0. The summed E-state index contributed by atoms with van der Waals surface area (Å²) in [6.45, 7) is 0. The fraction of sp³-hybridized carbons (Fsp3) is 0.600. The van der Waals surface area contributed by atoms with Crippen LogP contribution < -0.4 is 0 Å². The maximum absolute atomic E-state index is 10.2. The predicted octanol–water partition coefficient (Wildman–Crippen LogP) is 2.84. The maximum Gasteiger partial charge on any atom is 0.0586 e. The Balaban J connectivity index is 2.22. The lowest BCUT2D eigenvalue weighted by Gasteiger charge is -2.38. The number of hydrogen-bond acceptors (Lipinski definition) is 2. The summed E-state index contributed by atoms with van der Waals surface area (Å²) in [5.41, 5.74) is 1.32. The van der Waals surface area contributed by atoms with Crippen LogP contribution in [0.3, 0.4) is 0 Å². The van der Waals surface area contributed by atoms with E-state index in [0.717, 1.165) is 12.8 Å².